The largest absolute Gasteiger partial charge is 0.508 e. The first-order valence-electron chi connectivity index (χ1n) is 13.9. The third-order valence-electron chi connectivity index (χ3n) is 6.85. The maximum atomic E-state index is 13.7. The maximum absolute atomic E-state index is 13.7. The number of rotatable bonds is 15. The first kappa shape index (κ1) is 33.1. The Morgan fingerprint density at radius 1 is 0.773 bits per heavy atom. The highest BCUT2D eigenvalue weighted by atomic mass is 16.6. The van der Waals surface area contributed by atoms with Crippen LogP contribution in [0.5, 0.6) is 5.75 Å². The minimum absolute atomic E-state index is 0.00953. The maximum Gasteiger partial charge on any atom is 0.410 e. The molecule has 0 unspecified atom stereocenters. The van der Waals surface area contributed by atoms with Crippen molar-refractivity contribution in [2.45, 2.75) is 50.4 Å². The van der Waals surface area contributed by atoms with Gasteiger partial charge in [-0.3, -0.25) is 24.1 Å². The molecule has 0 radical (unpaired) electrons. The molecule has 4 amide bonds. The summed E-state index contributed by atoms with van der Waals surface area (Å²) in [6.45, 7) is -0.0445. The lowest BCUT2D eigenvalue weighted by molar-refractivity contribution is -0.138. The van der Waals surface area contributed by atoms with E-state index in [2.05, 4.69) is 10.6 Å². The molecule has 44 heavy (non-hydrogen) atoms. The van der Waals surface area contributed by atoms with Gasteiger partial charge in [-0.05, 0) is 35.2 Å². The summed E-state index contributed by atoms with van der Waals surface area (Å²) in [5.74, 6) is -3.57. The number of carbonyl (C=O) groups is 5. The fraction of sp³-hybridized carbons (Fsp3) is 0.281. The Kier molecular flexibility index (Phi) is 12.3. The van der Waals surface area contributed by atoms with Crippen LogP contribution in [0.2, 0.25) is 0 Å². The van der Waals surface area contributed by atoms with Gasteiger partial charge in [0.2, 0.25) is 17.7 Å². The number of nitrogens with two attached hydrogens (primary N) is 1. The highest BCUT2D eigenvalue weighted by Gasteiger charge is 2.33. The average molecular weight is 605 g/mol. The molecular formula is C32H36N4O8. The summed E-state index contributed by atoms with van der Waals surface area (Å²) in [6, 6.07) is 20.1. The van der Waals surface area contributed by atoms with Crippen LogP contribution in [-0.4, -0.2) is 70.1 Å². The lowest BCUT2D eigenvalue weighted by Gasteiger charge is -2.29. The van der Waals surface area contributed by atoms with Crippen LogP contribution in [0.25, 0.3) is 0 Å². The first-order valence-corrected chi connectivity index (χ1v) is 13.9. The molecule has 0 aliphatic rings. The van der Waals surface area contributed by atoms with E-state index in [0.717, 1.165) is 16.0 Å². The molecule has 3 rings (SSSR count). The van der Waals surface area contributed by atoms with Gasteiger partial charge in [0.15, 0.2) is 0 Å². The third kappa shape index (κ3) is 10.5. The van der Waals surface area contributed by atoms with Crippen LogP contribution in [0, 0.1) is 0 Å². The van der Waals surface area contributed by atoms with Gasteiger partial charge in [-0.1, -0.05) is 72.8 Å². The molecule has 232 valence electrons. The Labute approximate surface area is 254 Å². The fourth-order valence-corrected chi connectivity index (χ4v) is 4.36. The van der Waals surface area contributed by atoms with Gasteiger partial charge in [0.05, 0.1) is 0 Å². The van der Waals surface area contributed by atoms with E-state index in [4.69, 9.17) is 10.5 Å². The van der Waals surface area contributed by atoms with Crippen LogP contribution in [-0.2, 0) is 43.4 Å². The number of phenols is 1. The highest BCUT2D eigenvalue weighted by molar-refractivity contribution is 5.94. The number of carbonyl (C=O) groups excluding carboxylic acids is 4. The first-order chi connectivity index (χ1) is 21.0. The lowest BCUT2D eigenvalue weighted by atomic mass is 10.0. The van der Waals surface area contributed by atoms with Gasteiger partial charge in [0.1, 0.15) is 30.5 Å². The van der Waals surface area contributed by atoms with Crippen LogP contribution in [0.3, 0.4) is 0 Å². The Bertz CT molecular complexity index is 1420. The van der Waals surface area contributed by atoms with E-state index in [1.54, 1.807) is 66.7 Å². The monoisotopic (exact) mass is 604 g/mol. The number of amides is 4. The average Bonchev–Trinajstić information content (AvgIpc) is 3.01. The minimum Gasteiger partial charge on any atom is -0.508 e. The number of carboxylic acids is 1. The summed E-state index contributed by atoms with van der Waals surface area (Å²) in [5.41, 5.74) is 7.59. The summed E-state index contributed by atoms with van der Waals surface area (Å²) in [6.07, 6.45) is -1.50. The van der Waals surface area contributed by atoms with Gasteiger partial charge in [0, 0.05) is 26.3 Å². The van der Waals surface area contributed by atoms with Gasteiger partial charge in [0.25, 0.3) is 0 Å². The van der Waals surface area contributed by atoms with Gasteiger partial charge in [-0.15, -0.1) is 0 Å². The summed E-state index contributed by atoms with van der Waals surface area (Å²) in [5, 5.41) is 24.0. The molecular weight excluding hydrogens is 568 g/mol. The van der Waals surface area contributed by atoms with Crippen LogP contribution in [0.1, 0.15) is 29.5 Å². The molecule has 3 atom stereocenters. The molecule has 12 nitrogen and oxygen atoms in total. The van der Waals surface area contributed by atoms with Crippen molar-refractivity contribution in [1.29, 1.82) is 0 Å². The number of aromatic hydroxyl groups is 1. The molecule has 0 aliphatic heterocycles. The zero-order valence-electron chi connectivity index (χ0n) is 24.2. The predicted molar refractivity (Wildman–Crippen MR) is 160 cm³/mol. The van der Waals surface area contributed by atoms with Crippen molar-refractivity contribution in [3.63, 3.8) is 0 Å². The molecule has 12 heteroatoms. The fourth-order valence-electron chi connectivity index (χ4n) is 4.36. The molecule has 0 saturated carbocycles. The van der Waals surface area contributed by atoms with Crippen LogP contribution >= 0.6 is 0 Å². The van der Waals surface area contributed by atoms with E-state index in [9.17, 15) is 34.2 Å². The molecule has 0 heterocycles. The summed E-state index contributed by atoms with van der Waals surface area (Å²) in [4.78, 5) is 64.6. The molecule has 0 aromatic heterocycles. The molecule has 0 aliphatic carbocycles. The van der Waals surface area contributed by atoms with Gasteiger partial charge >= 0.3 is 12.1 Å². The van der Waals surface area contributed by atoms with Crippen molar-refractivity contribution in [3.8, 4) is 5.75 Å². The Hall–Kier alpha value is -5.39. The number of carboxylic acid groups (broad SMARTS) is 1. The zero-order chi connectivity index (χ0) is 32.1. The van der Waals surface area contributed by atoms with E-state index in [1.165, 1.54) is 19.2 Å². The van der Waals surface area contributed by atoms with Crippen LogP contribution in [0.15, 0.2) is 84.9 Å². The van der Waals surface area contributed by atoms with Crippen LogP contribution in [0.4, 0.5) is 4.79 Å². The van der Waals surface area contributed by atoms with Gasteiger partial charge in [-0.25, -0.2) is 4.79 Å². The van der Waals surface area contributed by atoms with Crippen molar-refractivity contribution in [2.24, 2.45) is 5.73 Å². The molecule has 3 aromatic rings. The van der Waals surface area contributed by atoms with E-state index in [1.807, 2.05) is 6.07 Å². The Morgan fingerprint density at radius 2 is 1.32 bits per heavy atom. The smallest absolute Gasteiger partial charge is 0.410 e. The molecule has 6 N–H and O–H groups in total. The standard InChI is InChI=1S/C32H36N4O8/c1-36(32(43)44-20-23-10-6-3-7-11-23)27(19-22-12-14-24(37)15-13-22)31(42)34-25(16-17-28(38)39)30(41)35-26(29(33)40)18-21-8-4-2-5-9-21/h2-15,25-27,37H,16-20H2,1H3,(H2,33,40)(H,34,42)(H,35,41)(H,38,39)/t25-,26-,27-/m0/s1. The van der Waals surface area contributed by atoms with Crippen molar-refractivity contribution in [1.82, 2.24) is 15.5 Å². The van der Waals surface area contributed by atoms with Crippen molar-refractivity contribution >= 4 is 29.8 Å². The number of nitrogens with zero attached hydrogens (tertiary/aromatic N) is 1. The Balaban J connectivity index is 1.80. The number of nitrogens with one attached hydrogen (secondary N) is 2. The highest BCUT2D eigenvalue weighted by Crippen LogP contribution is 2.16. The molecule has 3 aromatic carbocycles. The Morgan fingerprint density at radius 3 is 1.89 bits per heavy atom. The zero-order valence-corrected chi connectivity index (χ0v) is 24.2. The number of hydrogen-bond acceptors (Lipinski definition) is 7. The number of primary amides is 1. The van der Waals surface area contributed by atoms with Crippen molar-refractivity contribution in [3.05, 3.63) is 102 Å². The molecule has 0 saturated heterocycles. The molecule has 0 spiro atoms. The minimum atomic E-state index is -1.37. The second-order valence-corrected chi connectivity index (χ2v) is 10.2. The van der Waals surface area contributed by atoms with Gasteiger partial charge < -0.3 is 31.3 Å². The molecule has 0 fully saturated rings. The summed E-state index contributed by atoms with van der Waals surface area (Å²) < 4.78 is 5.40. The lowest BCUT2D eigenvalue weighted by Crippen LogP contribution is -2.57. The normalized spacial score (nSPS) is 12.7. The summed E-state index contributed by atoms with van der Waals surface area (Å²) in [7, 11) is 1.37. The number of ether oxygens (including phenoxy) is 1. The number of likely N-dealkylation sites (N-methyl/N-ethyl adjacent to an activating group) is 1. The van der Waals surface area contributed by atoms with E-state index in [-0.39, 0.29) is 31.6 Å². The second-order valence-electron chi connectivity index (χ2n) is 10.2. The van der Waals surface area contributed by atoms with E-state index in [0.29, 0.717) is 5.56 Å². The predicted octanol–water partition coefficient (Wildman–Crippen LogP) is 2.13. The molecule has 0 bridgehead atoms. The topological polar surface area (TPSA) is 188 Å². The van der Waals surface area contributed by atoms with E-state index >= 15 is 0 Å². The number of benzene rings is 3. The van der Waals surface area contributed by atoms with Gasteiger partial charge in [-0.2, -0.15) is 0 Å². The summed E-state index contributed by atoms with van der Waals surface area (Å²) >= 11 is 0. The van der Waals surface area contributed by atoms with Crippen molar-refractivity contribution < 1.29 is 38.9 Å². The van der Waals surface area contributed by atoms with E-state index < -0.39 is 54.3 Å². The van der Waals surface area contributed by atoms with Crippen molar-refractivity contribution in [2.75, 3.05) is 7.05 Å². The third-order valence-corrected chi connectivity index (χ3v) is 6.85. The SMILES string of the molecule is CN(C(=O)OCc1ccccc1)[C@@H](Cc1ccc(O)cc1)C(=O)N[C@@H](CCC(=O)O)C(=O)N[C@@H](Cc1ccccc1)C(N)=O. The van der Waals surface area contributed by atoms with Crippen LogP contribution < -0.4 is 16.4 Å². The number of phenolic OH excluding ortho intramolecular Hbond substituents is 1. The quantitative estimate of drug-likeness (QED) is 0.174. The number of hydrogen-bond donors (Lipinski definition) is 5. The second kappa shape index (κ2) is 16.3. The number of aliphatic carboxylic acids is 1.